The van der Waals surface area contributed by atoms with E-state index in [9.17, 15) is 9.18 Å². The molecule has 0 radical (unpaired) electrons. The normalized spacial score (nSPS) is 12.2. The van der Waals surface area contributed by atoms with Crippen LogP contribution in [-0.4, -0.2) is 17.6 Å². The molecule has 88 valence electrons. The van der Waals surface area contributed by atoms with Gasteiger partial charge in [-0.1, -0.05) is 6.92 Å². The number of nitrogens with one attached hydrogen (secondary N) is 1. The van der Waals surface area contributed by atoms with Gasteiger partial charge >= 0.3 is 5.97 Å². The summed E-state index contributed by atoms with van der Waals surface area (Å²) in [7, 11) is 0. The molecular formula is C11H13BrFNO2. The zero-order chi connectivity index (χ0) is 12.3. The van der Waals surface area contributed by atoms with E-state index in [1.807, 2.05) is 6.92 Å². The van der Waals surface area contributed by atoms with Crippen LogP contribution in [0.4, 0.5) is 10.1 Å². The van der Waals surface area contributed by atoms with Gasteiger partial charge in [-0.05, 0) is 40.5 Å². The van der Waals surface area contributed by atoms with Crippen LogP contribution < -0.4 is 5.32 Å². The molecule has 0 fully saturated rings. The summed E-state index contributed by atoms with van der Waals surface area (Å²) >= 11 is 3.09. The van der Waals surface area contributed by atoms with Crippen LogP contribution in [0.25, 0.3) is 0 Å². The first-order chi connectivity index (χ1) is 7.41. The number of carboxylic acid groups (broad SMARTS) is 1. The Bertz CT molecular complexity index is 409. The molecule has 0 spiro atoms. The van der Waals surface area contributed by atoms with Gasteiger partial charge in [0.15, 0.2) is 0 Å². The van der Waals surface area contributed by atoms with Gasteiger partial charge < -0.3 is 10.4 Å². The minimum Gasteiger partial charge on any atom is -0.481 e. The summed E-state index contributed by atoms with van der Waals surface area (Å²) in [4.78, 5) is 10.6. The molecule has 0 saturated carbocycles. The molecule has 0 aliphatic carbocycles. The number of benzene rings is 1. The number of rotatable bonds is 4. The topological polar surface area (TPSA) is 49.3 Å². The molecule has 1 rings (SSSR count). The molecule has 0 aliphatic rings. The smallest absolute Gasteiger partial charge is 0.308 e. The second kappa shape index (κ2) is 5.30. The van der Waals surface area contributed by atoms with Gasteiger partial charge in [-0.15, -0.1) is 0 Å². The second-order valence-corrected chi connectivity index (χ2v) is 4.56. The highest BCUT2D eigenvalue weighted by Gasteiger charge is 2.11. The fourth-order valence-corrected chi connectivity index (χ4v) is 1.64. The van der Waals surface area contributed by atoms with Gasteiger partial charge in [-0.2, -0.15) is 0 Å². The molecule has 0 amide bonds. The molecule has 0 aliphatic heterocycles. The number of halogens is 2. The monoisotopic (exact) mass is 289 g/mol. The standard InChI is InChI=1S/C11H13BrFNO2/c1-6-3-8(12)9(13)4-10(6)14-5-7(2)11(15)16/h3-4,7,14H,5H2,1-2H3,(H,15,16). The summed E-state index contributed by atoms with van der Waals surface area (Å²) in [5.41, 5.74) is 1.49. The average molecular weight is 290 g/mol. The Kier molecular flexibility index (Phi) is 4.29. The highest BCUT2D eigenvalue weighted by molar-refractivity contribution is 9.10. The maximum Gasteiger partial charge on any atom is 0.308 e. The van der Waals surface area contributed by atoms with E-state index in [0.29, 0.717) is 10.2 Å². The van der Waals surface area contributed by atoms with E-state index in [-0.39, 0.29) is 12.4 Å². The van der Waals surface area contributed by atoms with Crippen LogP contribution in [-0.2, 0) is 4.79 Å². The van der Waals surface area contributed by atoms with Crippen LogP contribution in [0.1, 0.15) is 12.5 Å². The van der Waals surface area contributed by atoms with E-state index < -0.39 is 11.9 Å². The summed E-state index contributed by atoms with van der Waals surface area (Å²) in [6.45, 7) is 3.70. The summed E-state index contributed by atoms with van der Waals surface area (Å²) < 4.78 is 13.6. The number of hydrogen-bond donors (Lipinski definition) is 2. The van der Waals surface area contributed by atoms with Gasteiger partial charge in [0.2, 0.25) is 0 Å². The molecule has 1 aromatic carbocycles. The number of aryl methyl sites for hydroxylation is 1. The Hall–Kier alpha value is -1.10. The zero-order valence-corrected chi connectivity index (χ0v) is 10.6. The molecule has 0 saturated heterocycles. The van der Waals surface area contributed by atoms with Crippen molar-refractivity contribution < 1.29 is 14.3 Å². The first-order valence-corrected chi connectivity index (χ1v) is 5.63. The van der Waals surface area contributed by atoms with E-state index in [1.165, 1.54) is 6.07 Å². The Morgan fingerprint density at radius 3 is 2.81 bits per heavy atom. The van der Waals surface area contributed by atoms with Crippen molar-refractivity contribution in [2.75, 3.05) is 11.9 Å². The van der Waals surface area contributed by atoms with E-state index in [1.54, 1.807) is 13.0 Å². The van der Waals surface area contributed by atoms with Crippen molar-refractivity contribution in [3.05, 3.63) is 28.0 Å². The van der Waals surface area contributed by atoms with Crippen LogP contribution in [0.15, 0.2) is 16.6 Å². The zero-order valence-electron chi connectivity index (χ0n) is 9.05. The number of anilines is 1. The molecule has 5 heteroatoms. The Labute approximate surface area is 102 Å². The third kappa shape index (κ3) is 3.20. The predicted molar refractivity (Wildman–Crippen MR) is 64.1 cm³/mol. The van der Waals surface area contributed by atoms with Crippen LogP contribution >= 0.6 is 15.9 Å². The van der Waals surface area contributed by atoms with Crippen molar-refractivity contribution in [2.24, 2.45) is 5.92 Å². The van der Waals surface area contributed by atoms with Crippen LogP contribution in [0.2, 0.25) is 0 Å². The van der Waals surface area contributed by atoms with E-state index in [4.69, 9.17) is 5.11 Å². The molecule has 1 aromatic rings. The lowest BCUT2D eigenvalue weighted by Gasteiger charge is -2.12. The third-order valence-electron chi connectivity index (χ3n) is 2.29. The van der Waals surface area contributed by atoms with Gasteiger partial charge in [0.25, 0.3) is 0 Å². The minimum atomic E-state index is -0.872. The van der Waals surface area contributed by atoms with Crippen LogP contribution in [0.5, 0.6) is 0 Å². The first kappa shape index (κ1) is 13.0. The molecule has 1 unspecified atom stereocenters. The minimum absolute atomic E-state index is 0.275. The highest BCUT2D eigenvalue weighted by Crippen LogP contribution is 2.24. The quantitative estimate of drug-likeness (QED) is 0.896. The third-order valence-corrected chi connectivity index (χ3v) is 2.90. The van der Waals surface area contributed by atoms with Crippen molar-refractivity contribution >= 4 is 27.6 Å². The van der Waals surface area contributed by atoms with Gasteiger partial charge in [0, 0.05) is 12.2 Å². The number of aliphatic carboxylic acids is 1. The van der Waals surface area contributed by atoms with Crippen molar-refractivity contribution in [2.45, 2.75) is 13.8 Å². The maximum atomic E-state index is 13.2. The van der Waals surface area contributed by atoms with Crippen molar-refractivity contribution in [3.63, 3.8) is 0 Å². The van der Waals surface area contributed by atoms with Crippen molar-refractivity contribution in [1.29, 1.82) is 0 Å². The number of hydrogen-bond acceptors (Lipinski definition) is 2. The lowest BCUT2D eigenvalue weighted by molar-refractivity contribution is -0.140. The Morgan fingerprint density at radius 2 is 2.25 bits per heavy atom. The fourth-order valence-electron chi connectivity index (χ4n) is 1.19. The molecule has 0 bridgehead atoms. The molecule has 3 nitrogen and oxygen atoms in total. The predicted octanol–water partition coefficient (Wildman–Crippen LogP) is 3.03. The average Bonchev–Trinajstić information content (AvgIpc) is 2.20. The Morgan fingerprint density at radius 1 is 1.62 bits per heavy atom. The summed E-state index contributed by atoms with van der Waals surface area (Å²) in [5, 5.41) is 11.6. The van der Waals surface area contributed by atoms with Crippen molar-refractivity contribution in [3.8, 4) is 0 Å². The SMILES string of the molecule is Cc1cc(Br)c(F)cc1NCC(C)C(=O)O. The fraction of sp³-hybridized carbons (Fsp3) is 0.364. The summed E-state index contributed by atoms with van der Waals surface area (Å²) in [6, 6.07) is 3.01. The van der Waals surface area contributed by atoms with Gasteiger partial charge in [-0.25, -0.2) is 4.39 Å². The lowest BCUT2D eigenvalue weighted by atomic mass is 10.1. The first-order valence-electron chi connectivity index (χ1n) is 4.84. The lowest BCUT2D eigenvalue weighted by Crippen LogP contribution is -2.20. The van der Waals surface area contributed by atoms with Gasteiger partial charge in [0.1, 0.15) is 5.82 Å². The van der Waals surface area contributed by atoms with E-state index >= 15 is 0 Å². The molecule has 0 aromatic heterocycles. The largest absolute Gasteiger partial charge is 0.481 e. The molecule has 2 N–H and O–H groups in total. The van der Waals surface area contributed by atoms with Crippen molar-refractivity contribution in [1.82, 2.24) is 0 Å². The highest BCUT2D eigenvalue weighted by atomic mass is 79.9. The second-order valence-electron chi connectivity index (χ2n) is 3.70. The van der Waals surface area contributed by atoms with E-state index in [0.717, 1.165) is 5.56 Å². The molecule has 16 heavy (non-hydrogen) atoms. The summed E-state index contributed by atoms with van der Waals surface area (Å²) in [5.74, 6) is -1.75. The van der Waals surface area contributed by atoms with Gasteiger partial charge in [-0.3, -0.25) is 4.79 Å². The summed E-state index contributed by atoms with van der Waals surface area (Å²) in [6.07, 6.45) is 0. The van der Waals surface area contributed by atoms with Gasteiger partial charge in [0.05, 0.1) is 10.4 Å². The maximum absolute atomic E-state index is 13.2. The van der Waals surface area contributed by atoms with Crippen LogP contribution in [0, 0.1) is 18.7 Å². The molecular weight excluding hydrogens is 277 g/mol. The molecule has 0 heterocycles. The Balaban J connectivity index is 2.74. The van der Waals surface area contributed by atoms with E-state index in [2.05, 4.69) is 21.2 Å². The molecule has 1 atom stereocenters. The number of carboxylic acids is 1. The number of carbonyl (C=O) groups is 1. The van der Waals surface area contributed by atoms with Crippen LogP contribution in [0.3, 0.4) is 0 Å².